The molecule has 4 heterocycles. The lowest BCUT2D eigenvalue weighted by Gasteiger charge is -2.47. The smallest absolute Gasteiger partial charge is 0.340 e. The Balaban J connectivity index is 1.30. The molecule has 6 bridgehead atoms. The van der Waals surface area contributed by atoms with E-state index in [1.807, 2.05) is 0 Å². The number of phenols is 11. The lowest BCUT2D eigenvalue weighted by Crippen LogP contribution is -2.68. The van der Waals surface area contributed by atoms with Crippen molar-refractivity contribution >= 4 is 41.2 Å². The summed E-state index contributed by atoms with van der Waals surface area (Å²) in [4.78, 5) is 84.9. The number of phenolic OH excluding ortho intramolecular Hbond substituents is 11. The van der Waals surface area contributed by atoms with Crippen molar-refractivity contribution in [2.24, 2.45) is 0 Å². The topological polar surface area (TPSA) is 450 Å². The van der Waals surface area contributed by atoms with Gasteiger partial charge in [-0.05, 0) is 30.3 Å². The molecule has 4 aromatic rings. The summed E-state index contributed by atoms with van der Waals surface area (Å²) < 4.78 is 38.9. The quantitative estimate of drug-likeness (QED) is 0.0497. The molecule has 5 aliphatic rings. The first-order chi connectivity index (χ1) is 31.9. The third-order valence-electron chi connectivity index (χ3n) is 11.5. The summed E-state index contributed by atoms with van der Waals surface area (Å²) in [5, 5.41) is 150. The van der Waals surface area contributed by atoms with Crippen LogP contribution in [0.15, 0.2) is 35.9 Å². The molecule has 27 nitrogen and oxygen atoms in total. The normalized spacial score (nSPS) is 24.8. The molecule has 4 aromatic carbocycles. The van der Waals surface area contributed by atoms with Gasteiger partial charge in [-0.25, -0.2) is 24.0 Å². The molecule has 9 rings (SSSR count). The molecule has 354 valence electrons. The first kappa shape index (κ1) is 44.3. The van der Waals surface area contributed by atoms with E-state index in [0.717, 1.165) is 0 Å². The molecule has 0 spiro atoms. The Morgan fingerprint density at radius 3 is 1.62 bits per heavy atom. The van der Waals surface area contributed by atoms with E-state index in [0.29, 0.717) is 30.3 Å². The number of hydrogen-bond acceptors (Lipinski definition) is 27. The molecule has 6 atom stereocenters. The van der Waals surface area contributed by atoms with Gasteiger partial charge in [-0.3, -0.25) is 4.79 Å². The van der Waals surface area contributed by atoms with Crippen LogP contribution in [-0.2, 0) is 38.0 Å². The summed E-state index contributed by atoms with van der Waals surface area (Å²) in [6, 6.07) is 2.32. The summed E-state index contributed by atoms with van der Waals surface area (Å²) >= 11 is 0. The number of carbonyl (C=O) groups excluding carboxylic acids is 6. The molecule has 27 heteroatoms. The highest BCUT2D eigenvalue weighted by Gasteiger charge is 2.68. The van der Waals surface area contributed by atoms with Crippen molar-refractivity contribution in [2.75, 3.05) is 6.61 Å². The molecule has 1 fully saturated rings. The van der Waals surface area contributed by atoms with Gasteiger partial charge < -0.3 is 105 Å². The number of rotatable bonds is 2. The Morgan fingerprint density at radius 1 is 0.559 bits per heavy atom. The summed E-state index contributed by atoms with van der Waals surface area (Å²) in [5.74, 6) is -33.8. The van der Waals surface area contributed by atoms with E-state index < -0.39 is 210 Å². The van der Waals surface area contributed by atoms with E-state index in [4.69, 9.17) is 33.2 Å². The maximum atomic E-state index is 14.6. The van der Waals surface area contributed by atoms with Crippen LogP contribution in [0.25, 0.3) is 16.7 Å². The monoisotopic (exact) mass is 952 g/mol. The number of hydrogen-bond donors (Lipinski definition) is 14. The van der Waals surface area contributed by atoms with Crippen molar-refractivity contribution in [3.05, 3.63) is 63.7 Å². The molecule has 0 amide bonds. The Hall–Kier alpha value is -8.92. The second kappa shape index (κ2) is 14.8. The zero-order valence-electron chi connectivity index (χ0n) is 33.3. The van der Waals surface area contributed by atoms with Gasteiger partial charge in [0.25, 0.3) is 5.79 Å². The molecular weight excluding hydrogens is 924 g/mol. The van der Waals surface area contributed by atoms with Crippen molar-refractivity contribution in [2.45, 2.75) is 48.7 Å². The molecule has 5 unspecified atom stereocenters. The van der Waals surface area contributed by atoms with Gasteiger partial charge in [0.1, 0.15) is 12.7 Å². The number of carbonyl (C=O) groups is 6. The highest BCUT2D eigenvalue weighted by molar-refractivity contribution is 6.14. The van der Waals surface area contributed by atoms with Crippen LogP contribution >= 0.6 is 0 Å². The second-order valence-corrected chi connectivity index (χ2v) is 15.4. The minimum Gasteiger partial charge on any atom is -0.504 e. The van der Waals surface area contributed by atoms with Gasteiger partial charge in [-0.15, -0.1) is 0 Å². The van der Waals surface area contributed by atoms with Gasteiger partial charge in [0, 0.05) is 28.7 Å². The van der Waals surface area contributed by atoms with E-state index in [1.54, 1.807) is 0 Å². The van der Waals surface area contributed by atoms with E-state index >= 15 is 0 Å². The molecule has 0 saturated carbocycles. The van der Waals surface area contributed by atoms with Crippen LogP contribution in [0.2, 0.25) is 0 Å². The van der Waals surface area contributed by atoms with Crippen LogP contribution in [0, 0.1) is 0 Å². The van der Waals surface area contributed by atoms with E-state index in [-0.39, 0.29) is 0 Å². The van der Waals surface area contributed by atoms with Gasteiger partial charge in [0.05, 0.1) is 27.8 Å². The van der Waals surface area contributed by atoms with Crippen LogP contribution in [0.3, 0.4) is 0 Å². The van der Waals surface area contributed by atoms with E-state index in [2.05, 4.69) is 0 Å². The number of Topliss-reactive ketones (excluding diaryl/α,β-unsaturated/α-hetero) is 1. The van der Waals surface area contributed by atoms with Crippen molar-refractivity contribution < 1.29 is 133 Å². The number of cyclic esters (lactones) is 1. The third kappa shape index (κ3) is 6.21. The molecule has 68 heavy (non-hydrogen) atoms. The zero-order valence-corrected chi connectivity index (χ0v) is 33.3. The molecule has 1 aliphatic carbocycles. The molecule has 0 aromatic heterocycles. The molecule has 4 aliphatic heterocycles. The minimum atomic E-state index is -4.03. The largest absolute Gasteiger partial charge is 0.504 e. The predicted molar refractivity (Wildman–Crippen MR) is 205 cm³/mol. The van der Waals surface area contributed by atoms with Crippen LogP contribution < -0.4 is 4.74 Å². The van der Waals surface area contributed by atoms with E-state index in [9.17, 15) is 100 Å². The van der Waals surface area contributed by atoms with Crippen molar-refractivity contribution in [3.8, 4) is 80.1 Å². The minimum absolute atomic E-state index is 0.363. The standard InChI is InChI=1S/C41H28O27/c42-13-1-8(2-14(43)24(13)48)34(54)67-39-33-32-30(64-38(58)12-6-19(47)41(61)40(59,60)23(12)22-11(37(57)66-33)5-17(46)27(51)31(22)68-41)18(63-39)7-62-35(55)9-3-15(44)25(49)28(52)20(9)21-10(36(56)65-32)4-16(45)26(50)29(21)53/h1-5,18,30,32-33,39,42-46,48-53,59-61H,6-7H2/t18?,30?,32?,33?,39?,41-/m0/s1. The number of aliphatic hydroxyl groups is 3. The zero-order chi connectivity index (χ0) is 49.4. The van der Waals surface area contributed by atoms with Gasteiger partial charge in [-0.1, -0.05) is 0 Å². The van der Waals surface area contributed by atoms with Crippen LogP contribution in [0.5, 0.6) is 69.0 Å². The fraction of sp³-hybridized carbons (Fsp3) is 0.220. The lowest BCUT2D eigenvalue weighted by molar-refractivity contribution is -0.302. The summed E-state index contributed by atoms with van der Waals surface area (Å²) in [6.45, 7) is -1.31. The molecular formula is C41H28O27. The fourth-order valence-electron chi connectivity index (χ4n) is 8.19. The number of fused-ring (bicyclic) bond motifs is 4. The van der Waals surface area contributed by atoms with Gasteiger partial charge in [0.2, 0.25) is 35.4 Å². The Labute approximate surface area is 373 Å². The number of ketones is 1. The Morgan fingerprint density at radius 2 is 1.04 bits per heavy atom. The summed E-state index contributed by atoms with van der Waals surface area (Å²) in [7, 11) is 0. The highest BCUT2D eigenvalue weighted by atomic mass is 16.8. The maximum absolute atomic E-state index is 14.6. The second-order valence-electron chi connectivity index (χ2n) is 15.4. The number of ether oxygens (including phenoxy) is 7. The van der Waals surface area contributed by atoms with Crippen LogP contribution in [-0.4, -0.2) is 156 Å². The fourth-order valence-corrected chi connectivity index (χ4v) is 8.19. The van der Waals surface area contributed by atoms with E-state index in [1.165, 1.54) is 0 Å². The summed E-state index contributed by atoms with van der Waals surface area (Å²) in [6.07, 6.45) is -13.7. The van der Waals surface area contributed by atoms with Crippen molar-refractivity contribution in [3.63, 3.8) is 0 Å². The average Bonchev–Trinajstić information content (AvgIpc) is 3.28. The number of aromatic hydroxyl groups is 11. The first-order valence-corrected chi connectivity index (χ1v) is 19.1. The SMILES string of the molecule is O=C1OC2C3COC(=O)c4cc(O)c(O)c(O)c4-c4c(cc(O)c(O)c4O)C(=O)OC2C(OC(=O)c2cc(O)c(O)c4c2C2=C1CC(=O)[C@](O)(O4)C2(O)O)C(OC(=O)c1cc(O)c(O)c(O)c1)O3. The first-order valence-electron chi connectivity index (χ1n) is 19.1. The predicted octanol–water partition coefficient (Wildman–Crippen LogP) is -0.968. The van der Waals surface area contributed by atoms with Crippen molar-refractivity contribution in [1.82, 2.24) is 0 Å². The Bertz CT molecular complexity index is 3030. The summed E-state index contributed by atoms with van der Waals surface area (Å²) in [5.41, 5.74) is -9.77. The molecule has 1 saturated heterocycles. The molecule has 0 radical (unpaired) electrons. The van der Waals surface area contributed by atoms with Gasteiger partial charge in [0.15, 0.2) is 64.0 Å². The maximum Gasteiger partial charge on any atom is 0.340 e. The lowest BCUT2D eigenvalue weighted by atomic mass is 9.74. The third-order valence-corrected chi connectivity index (χ3v) is 11.5. The molecule has 14 N–H and O–H groups in total. The van der Waals surface area contributed by atoms with Gasteiger partial charge >= 0.3 is 35.6 Å². The van der Waals surface area contributed by atoms with Gasteiger partial charge in [-0.2, -0.15) is 0 Å². The number of esters is 5. The van der Waals surface area contributed by atoms with Crippen molar-refractivity contribution in [1.29, 1.82) is 0 Å². The number of benzene rings is 4. The Kier molecular flexibility index (Phi) is 9.64. The van der Waals surface area contributed by atoms with Crippen LogP contribution in [0.4, 0.5) is 0 Å². The highest BCUT2D eigenvalue weighted by Crippen LogP contribution is 2.58. The average molecular weight is 953 g/mol. The van der Waals surface area contributed by atoms with Crippen LogP contribution in [0.1, 0.15) is 53.4 Å².